The van der Waals surface area contributed by atoms with Crippen molar-refractivity contribution in [2.75, 3.05) is 23.8 Å². The number of hydrogen-bond acceptors (Lipinski definition) is 8. The lowest BCUT2D eigenvalue weighted by Crippen LogP contribution is -2.09. The third-order valence-corrected chi connectivity index (χ3v) is 2.72. The molecule has 0 unspecified atom stereocenters. The molecule has 2 aromatic rings. The second kappa shape index (κ2) is 4.92. The molecule has 2 aromatic heterocycles. The Hall–Kier alpha value is -2.29. The highest BCUT2D eigenvalue weighted by Crippen LogP contribution is 2.24. The Labute approximate surface area is 106 Å². The summed E-state index contributed by atoms with van der Waals surface area (Å²) in [6, 6.07) is 2.89. The molecule has 18 heavy (non-hydrogen) atoms. The van der Waals surface area contributed by atoms with Crippen molar-refractivity contribution in [3.63, 3.8) is 0 Å². The molecule has 0 saturated heterocycles. The number of rotatable bonds is 3. The molecule has 94 valence electrons. The molecule has 0 radical (unpaired) electrons. The van der Waals surface area contributed by atoms with Gasteiger partial charge in [-0.15, -0.1) is 0 Å². The van der Waals surface area contributed by atoms with E-state index in [1.807, 2.05) is 0 Å². The fourth-order valence-electron chi connectivity index (χ4n) is 1.22. The van der Waals surface area contributed by atoms with Gasteiger partial charge in [0.15, 0.2) is 5.16 Å². The highest BCUT2D eigenvalue weighted by molar-refractivity contribution is 7.99. The third kappa shape index (κ3) is 2.88. The Balaban J connectivity index is 2.33. The van der Waals surface area contributed by atoms with Crippen LogP contribution in [0.2, 0.25) is 0 Å². The van der Waals surface area contributed by atoms with Crippen LogP contribution in [0.3, 0.4) is 0 Å². The van der Waals surface area contributed by atoms with E-state index >= 15 is 0 Å². The molecule has 2 rings (SSSR count). The molecule has 0 aliphatic rings. The summed E-state index contributed by atoms with van der Waals surface area (Å²) >= 11 is 1.14. The standard InChI is InChI=1S/C9H11N7OS/c1-12-5-3-7(16-8(11)14-5)18-9-13-4(10)2-6(17)15-9/h2-3H,1H3,(H3,10,13,15,17)(H3,11,12,14,16). The van der Waals surface area contributed by atoms with Crippen molar-refractivity contribution in [3.05, 3.63) is 22.5 Å². The maximum absolute atomic E-state index is 11.2. The lowest BCUT2D eigenvalue weighted by molar-refractivity contribution is 0.938. The van der Waals surface area contributed by atoms with Crippen LogP contribution in [0.1, 0.15) is 0 Å². The van der Waals surface area contributed by atoms with E-state index in [1.54, 1.807) is 13.1 Å². The van der Waals surface area contributed by atoms with Gasteiger partial charge in [0.1, 0.15) is 16.7 Å². The van der Waals surface area contributed by atoms with Crippen molar-refractivity contribution < 1.29 is 0 Å². The van der Waals surface area contributed by atoms with E-state index in [0.717, 1.165) is 11.8 Å². The molecule has 0 atom stereocenters. The van der Waals surface area contributed by atoms with E-state index in [4.69, 9.17) is 11.5 Å². The Bertz CT molecular complexity index is 627. The van der Waals surface area contributed by atoms with Gasteiger partial charge in [0.2, 0.25) is 5.95 Å². The molecule has 0 amide bonds. The van der Waals surface area contributed by atoms with Gasteiger partial charge in [-0.2, -0.15) is 4.98 Å². The minimum absolute atomic E-state index is 0.135. The maximum Gasteiger partial charge on any atom is 0.253 e. The van der Waals surface area contributed by atoms with Crippen molar-refractivity contribution in [1.29, 1.82) is 0 Å². The smallest absolute Gasteiger partial charge is 0.253 e. The summed E-state index contributed by atoms with van der Waals surface area (Å²) in [4.78, 5) is 25.7. The van der Waals surface area contributed by atoms with Gasteiger partial charge >= 0.3 is 0 Å². The van der Waals surface area contributed by atoms with E-state index in [-0.39, 0.29) is 17.3 Å². The van der Waals surface area contributed by atoms with E-state index in [9.17, 15) is 4.79 Å². The zero-order valence-electron chi connectivity index (χ0n) is 9.47. The average Bonchev–Trinajstić information content (AvgIpc) is 2.26. The lowest BCUT2D eigenvalue weighted by atomic mass is 10.6. The van der Waals surface area contributed by atoms with Crippen LogP contribution in [-0.2, 0) is 0 Å². The fraction of sp³-hybridized carbons (Fsp3) is 0.111. The molecule has 0 aliphatic heterocycles. The first-order valence-electron chi connectivity index (χ1n) is 4.94. The van der Waals surface area contributed by atoms with Gasteiger partial charge in [0.25, 0.3) is 5.56 Å². The predicted molar refractivity (Wildman–Crippen MR) is 69.4 cm³/mol. The molecule has 8 nitrogen and oxygen atoms in total. The summed E-state index contributed by atoms with van der Waals surface area (Å²) < 4.78 is 0. The summed E-state index contributed by atoms with van der Waals surface area (Å²) in [7, 11) is 1.72. The van der Waals surface area contributed by atoms with Gasteiger partial charge in [0, 0.05) is 19.2 Å². The van der Waals surface area contributed by atoms with E-state index in [2.05, 4.69) is 25.3 Å². The Morgan fingerprint density at radius 3 is 2.72 bits per heavy atom. The zero-order valence-corrected chi connectivity index (χ0v) is 10.3. The minimum Gasteiger partial charge on any atom is -0.383 e. The fourth-order valence-corrected chi connectivity index (χ4v) is 2.03. The average molecular weight is 265 g/mol. The molecular weight excluding hydrogens is 254 g/mol. The number of nitrogen functional groups attached to an aromatic ring is 2. The topological polar surface area (TPSA) is 136 Å². The van der Waals surface area contributed by atoms with Gasteiger partial charge in [-0.05, 0) is 11.8 Å². The molecule has 0 aromatic carbocycles. The molecule has 0 saturated carbocycles. The summed E-state index contributed by atoms with van der Waals surface area (Å²) in [5.74, 6) is 0.865. The number of nitrogens with two attached hydrogens (primary N) is 2. The number of nitrogens with zero attached hydrogens (tertiary/aromatic N) is 3. The molecule has 6 N–H and O–H groups in total. The number of H-pyrrole nitrogens is 1. The molecule has 0 aliphatic carbocycles. The van der Waals surface area contributed by atoms with Crippen molar-refractivity contribution in [2.45, 2.75) is 10.2 Å². The van der Waals surface area contributed by atoms with E-state index in [1.165, 1.54) is 6.07 Å². The molecule has 2 heterocycles. The first kappa shape index (κ1) is 12.2. The number of hydrogen-bond donors (Lipinski definition) is 4. The summed E-state index contributed by atoms with van der Waals surface area (Å²) in [5.41, 5.74) is 10.7. The molecule has 0 bridgehead atoms. The second-order valence-electron chi connectivity index (χ2n) is 3.28. The largest absolute Gasteiger partial charge is 0.383 e. The lowest BCUT2D eigenvalue weighted by Gasteiger charge is -2.04. The van der Waals surface area contributed by atoms with Gasteiger partial charge < -0.3 is 21.8 Å². The SMILES string of the molecule is CNc1cc(Sc2nc(N)cc(=O)[nH]2)nc(N)n1. The minimum atomic E-state index is -0.319. The van der Waals surface area contributed by atoms with E-state index < -0.39 is 0 Å². The first-order valence-corrected chi connectivity index (χ1v) is 5.75. The van der Waals surface area contributed by atoms with Crippen LogP contribution in [0.5, 0.6) is 0 Å². The first-order chi connectivity index (χ1) is 8.56. The van der Waals surface area contributed by atoms with Gasteiger partial charge in [0.05, 0.1) is 0 Å². The quantitative estimate of drug-likeness (QED) is 0.447. The van der Waals surface area contributed by atoms with Gasteiger partial charge in [-0.1, -0.05) is 0 Å². The number of aromatic nitrogens is 4. The summed E-state index contributed by atoms with van der Waals surface area (Å²) in [5, 5.41) is 3.76. The predicted octanol–water partition coefficient (Wildman–Crippen LogP) is -0.0828. The highest BCUT2D eigenvalue weighted by atomic mass is 32.2. The van der Waals surface area contributed by atoms with Crippen molar-refractivity contribution in [1.82, 2.24) is 19.9 Å². The molecule has 0 spiro atoms. The summed E-state index contributed by atoms with van der Waals surface area (Å²) in [6.07, 6.45) is 0. The number of nitrogens with one attached hydrogen (secondary N) is 2. The van der Waals surface area contributed by atoms with Crippen molar-refractivity contribution in [2.24, 2.45) is 0 Å². The van der Waals surface area contributed by atoms with Crippen LogP contribution in [-0.4, -0.2) is 27.0 Å². The van der Waals surface area contributed by atoms with Gasteiger partial charge in [-0.25, -0.2) is 9.97 Å². The van der Waals surface area contributed by atoms with Gasteiger partial charge in [-0.3, -0.25) is 4.79 Å². The Morgan fingerprint density at radius 1 is 1.28 bits per heavy atom. The van der Waals surface area contributed by atoms with Crippen LogP contribution in [0, 0.1) is 0 Å². The van der Waals surface area contributed by atoms with E-state index in [0.29, 0.717) is 16.0 Å². The molecule has 0 fully saturated rings. The Kier molecular flexibility index (Phi) is 3.33. The van der Waals surface area contributed by atoms with Crippen LogP contribution in [0.25, 0.3) is 0 Å². The Morgan fingerprint density at radius 2 is 2.06 bits per heavy atom. The number of anilines is 3. The second-order valence-corrected chi connectivity index (χ2v) is 4.29. The van der Waals surface area contributed by atoms with Crippen LogP contribution in [0.15, 0.2) is 27.1 Å². The molecular formula is C9H11N7OS. The monoisotopic (exact) mass is 265 g/mol. The summed E-state index contributed by atoms with van der Waals surface area (Å²) in [6.45, 7) is 0. The van der Waals surface area contributed by atoms with Crippen LogP contribution < -0.4 is 22.3 Å². The zero-order chi connectivity index (χ0) is 13.1. The van der Waals surface area contributed by atoms with Crippen molar-refractivity contribution in [3.8, 4) is 0 Å². The molecule has 9 heteroatoms. The highest BCUT2D eigenvalue weighted by Gasteiger charge is 2.06. The normalized spacial score (nSPS) is 10.3. The van der Waals surface area contributed by atoms with Crippen LogP contribution >= 0.6 is 11.8 Å². The third-order valence-electron chi connectivity index (χ3n) is 1.92. The number of aromatic amines is 1. The van der Waals surface area contributed by atoms with Crippen molar-refractivity contribution >= 4 is 29.3 Å². The van der Waals surface area contributed by atoms with Crippen LogP contribution in [0.4, 0.5) is 17.6 Å². The maximum atomic E-state index is 11.2.